The van der Waals surface area contributed by atoms with Gasteiger partial charge in [-0.3, -0.25) is 4.99 Å². The van der Waals surface area contributed by atoms with E-state index in [2.05, 4.69) is 40.8 Å². The topological polar surface area (TPSA) is 47.9 Å². The van der Waals surface area contributed by atoms with Crippen LogP contribution in [-0.2, 0) is 0 Å². The normalized spacial score (nSPS) is 30.4. The number of nitrogens with zero attached hydrogens (tertiary/aromatic N) is 2. The summed E-state index contributed by atoms with van der Waals surface area (Å²) >= 11 is 3.90. The van der Waals surface area contributed by atoms with Gasteiger partial charge >= 0.3 is 0 Å². The molecule has 0 bridgehead atoms. The van der Waals surface area contributed by atoms with Crippen molar-refractivity contribution in [2.75, 3.05) is 43.9 Å². The van der Waals surface area contributed by atoms with E-state index in [1.807, 2.05) is 18.8 Å². The Labute approximate surface area is 154 Å². The first-order valence-corrected chi connectivity index (χ1v) is 9.62. The molecule has 2 unspecified atom stereocenters. The summed E-state index contributed by atoms with van der Waals surface area (Å²) in [5.74, 6) is 4.69. The molecule has 0 aliphatic carbocycles. The molecule has 2 fully saturated rings. The summed E-state index contributed by atoms with van der Waals surface area (Å²) in [7, 11) is 1.84. The Morgan fingerprint density at radius 2 is 2.24 bits per heavy atom. The maximum atomic E-state index is 10.4. The van der Waals surface area contributed by atoms with Crippen LogP contribution < -0.4 is 5.32 Å². The van der Waals surface area contributed by atoms with Gasteiger partial charge in [-0.2, -0.15) is 23.5 Å². The van der Waals surface area contributed by atoms with Crippen LogP contribution in [0.15, 0.2) is 4.99 Å². The molecule has 0 amide bonds. The van der Waals surface area contributed by atoms with E-state index in [0.29, 0.717) is 17.7 Å². The van der Waals surface area contributed by atoms with Crippen LogP contribution >= 0.6 is 47.5 Å². The Bertz CT molecular complexity index is 349. The van der Waals surface area contributed by atoms with Gasteiger partial charge in [0.05, 0.1) is 5.60 Å². The zero-order valence-corrected chi connectivity index (χ0v) is 17.1. The first-order valence-electron chi connectivity index (χ1n) is 7.41. The number of aliphatic hydroxyl groups is 1. The lowest BCUT2D eigenvalue weighted by Crippen LogP contribution is -2.52. The van der Waals surface area contributed by atoms with Gasteiger partial charge in [0.2, 0.25) is 0 Å². The maximum absolute atomic E-state index is 10.4. The molecule has 2 N–H and O–H groups in total. The molecule has 4 nitrogen and oxygen atoms in total. The predicted octanol–water partition coefficient (Wildman–Crippen LogP) is 2.12. The molecule has 0 radical (unpaired) electrons. The summed E-state index contributed by atoms with van der Waals surface area (Å²) in [6.45, 7) is 7.28. The van der Waals surface area contributed by atoms with E-state index in [9.17, 15) is 5.11 Å². The van der Waals surface area contributed by atoms with E-state index >= 15 is 0 Å². The first-order chi connectivity index (χ1) is 9.54. The predicted molar refractivity (Wildman–Crippen MR) is 106 cm³/mol. The quantitative estimate of drug-likeness (QED) is 0.396. The van der Waals surface area contributed by atoms with Crippen LogP contribution in [0.4, 0.5) is 0 Å². The number of hydrogen-bond donors (Lipinski definition) is 2. The van der Waals surface area contributed by atoms with Crippen LogP contribution in [-0.4, -0.2) is 70.8 Å². The Hall–Kier alpha value is 0.660. The second kappa shape index (κ2) is 9.08. The lowest BCUT2D eigenvalue weighted by Gasteiger charge is -2.37. The third-order valence-electron chi connectivity index (χ3n) is 4.01. The van der Waals surface area contributed by atoms with Crippen molar-refractivity contribution in [1.29, 1.82) is 0 Å². The van der Waals surface area contributed by atoms with Gasteiger partial charge in [-0.15, -0.1) is 24.0 Å². The van der Waals surface area contributed by atoms with Gasteiger partial charge in [0.1, 0.15) is 0 Å². The average Bonchev–Trinajstić information content (AvgIpc) is 2.87. The smallest absolute Gasteiger partial charge is 0.193 e. The molecule has 2 aliphatic rings. The summed E-state index contributed by atoms with van der Waals surface area (Å²) in [5, 5.41) is 14.5. The molecule has 2 saturated heterocycles. The van der Waals surface area contributed by atoms with E-state index in [1.165, 1.54) is 0 Å². The minimum absolute atomic E-state index is 0. The average molecular weight is 445 g/mol. The number of halogens is 1. The molecule has 2 heterocycles. The van der Waals surface area contributed by atoms with Crippen LogP contribution in [0.1, 0.15) is 20.3 Å². The summed E-state index contributed by atoms with van der Waals surface area (Å²) in [6, 6.07) is 0. The molecule has 124 valence electrons. The molecule has 7 heteroatoms. The van der Waals surface area contributed by atoms with Gasteiger partial charge < -0.3 is 15.3 Å². The maximum Gasteiger partial charge on any atom is 0.193 e. The molecule has 0 spiro atoms. The number of aliphatic imine (C=N–C) groups is 1. The Morgan fingerprint density at radius 1 is 1.48 bits per heavy atom. The van der Waals surface area contributed by atoms with Gasteiger partial charge in [-0.25, -0.2) is 0 Å². The standard InChI is InChI=1S/C14H27N3OS2.HI/c1-11(2)12-8-17(5-7-20-12)13(15-3)16-9-14(18)4-6-19-10-14;/h11-12,18H,4-10H2,1-3H3,(H,15,16);1H. The van der Waals surface area contributed by atoms with Crippen molar-refractivity contribution in [2.24, 2.45) is 10.9 Å². The second-order valence-corrected chi connectivity index (χ2v) is 8.48. The summed E-state index contributed by atoms with van der Waals surface area (Å²) in [5.41, 5.74) is -0.553. The lowest BCUT2D eigenvalue weighted by molar-refractivity contribution is 0.0717. The molecular formula is C14H28IN3OS2. The third kappa shape index (κ3) is 5.66. The highest BCUT2D eigenvalue weighted by atomic mass is 127. The number of hydrogen-bond acceptors (Lipinski definition) is 4. The lowest BCUT2D eigenvalue weighted by atomic mass is 10.0. The van der Waals surface area contributed by atoms with Crippen LogP contribution in [0, 0.1) is 5.92 Å². The van der Waals surface area contributed by atoms with E-state index < -0.39 is 5.60 Å². The van der Waals surface area contributed by atoms with E-state index in [0.717, 1.165) is 42.7 Å². The van der Waals surface area contributed by atoms with Crippen LogP contribution in [0.3, 0.4) is 0 Å². The highest BCUT2D eigenvalue weighted by Crippen LogP contribution is 2.27. The van der Waals surface area contributed by atoms with E-state index in [-0.39, 0.29) is 24.0 Å². The monoisotopic (exact) mass is 445 g/mol. The molecule has 21 heavy (non-hydrogen) atoms. The molecule has 0 aromatic rings. The molecule has 0 aromatic carbocycles. The molecule has 0 aromatic heterocycles. The first kappa shape index (κ1) is 19.7. The number of thioether (sulfide) groups is 2. The zero-order chi connectivity index (χ0) is 14.6. The van der Waals surface area contributed by atoms with Crippen LogP contribution in [0.5, 0.6) is 0 Å². The number of nitrogens with one attached hydrogen (secondary N) is 1. The fraction of sp³-hybridized carbons (Fsp3) is 0.929. The Morgan fingerprint density at radius 3 is 2.81 bits per heavy atom. The fourth-order valence-corrected chi connectivity index (χ4v) is 5.18. The van der Waals surface area contributed by atoms with Gasteiger partial charge in [0, 0.05) is 43.4 Å². The summed E-state index contributed by atoms with van der Waals surface area (Å²) in [4.78, 5) is 6.74. The van der Waals surface area contributed by atoms with Crippen LogP contribution in [0.2, 0.25) is 0 Å². The van der Waals surface area contributed by atoms with Crippen molar-refractivity contribution in [3.63, 3.8) is 0 Å². The number of guanidine groups is 1. The van der Waals surface area contributed by atoms with E-state index in [1.54, 1.807) is 0 Å². The van der Waals surface area contributed by atoms with Gasteiger partial charge in [-0.05, 0) is 18.1 Å². The minimum atomic E-state index is -0.553. The van der Waals surface area contributed by atoms with Crippen molar-refractivity contribution in [2.45, 2.75) is 31.1 Å². The molecule has 2 rings (SSSR count). The van der Waals surface area contributed by atoms with Crippen molar-refractivity contribution < 1.29 is 5.11 Å². The third-order valence-corrected chi connectivity index (χ3v) is 6.78. The highest BCUT2D eigenvalue weighted by molar-refractivity contribution is 14.0. The highest BCUT2D eigenvalue weighted by Gasteiger charge is 2.32. The zero-order valence-electron chi connectivity index (χ0n) is 13.2. The van der Waals surface area contributed by atoms with Gasteiger partial charge in [-0.1, -0.05) is 13.8 Å². The van der Waals surface area contributed by atoms with Gasteiger partial charge in [0.25, 0.3) is 0 Å². The van der Waals surface area contributed by atoms with Crippen molar-refractivity contribution in [3.8, 4) is 0 Å². The molecular weight excluding hydrogens is 417 g/mol. The fourth-order valence-electron chi connectivity index (χ4n) is 2.58. The molecule has 2 atom stereocenters. The minimum Gasteiger partial charge on any atom is -0.387 e. The summed E-state index contributed by atoms with van der Waals surface area (Å²) in [6.07, 6.45) is 0.881. The van der Waals surface area contributed by atoms with Crippen molar-refractivity contribution >= 4 is 53.5 Å². The molecule has 0 saturated carbocycles. The second-order valence-electron chi connectivity index (χ2n) is 6.03. The van der Waals surface area contributed by atoms with Crippen LogP contribution in [0.25, 0.3) is 0 Å². The molecule has 2 aliphatic heterocycles. The van der Waals surface area contributed by atoms with Crippen molar-refractivity contribution in [3.05, 3.63) is 0 Å². The Kier molecular flexibility index (Phi) is 8.52. The SMILES string of the molecule is CN=C(NCC1(O)CCSC1)N1CCSC(C(C)C)C1.I. The Balaban J connectivity index is 0.00000220. The summed E-state index contributed by atoms with van der Waals surface area (Å²) < 4.78 is 0. The van der Waals surface area contributed by atoms with Crippen molar-refractivity contribution in [1.82, 2.24) is 10.2 Å². The number of rotatable bonds is 3. The largest absolute Gasteiger partial charge is 0.387 e. The van der Waals surface area contributed by atoms with E-state index in [4.69, 9.17) is 0 Å². The van der Waals surface area contributed by atoms with Gasteiger partial charge in [0.15, 0.2) is 5.96 Å².